The number of esters is 1. The third-order valence-corrected chi connectivity index (χ3v) is 6.92. The van der Waals surface area contributed by atoms with Crippen molar-refractivity contribution in [2.45, 2.75) is 26.8 Å². The van der Waals surface area contributed by atoms with Crippen molar-refractivity contribution in [1.29, 1.82) is 0 Å². The van der Waals surface area contributed by atoms with E-state index in [1.165, 1.54) is 30.3 Å². The zero-order chi connectivity index (χ0) is 26.1. The molecule has 2 aromatic carbocycles. The Balaban J connectivity index is 1.91. The lowest BCUT2D eigenvalue weighted by atomic mass is 9.93. The van der Waals surface area contributed by atoms with Crippen molar-refractivity contribution < 1.29 is 28.6 Å². The number of thiazole rings is 1. The summed E-state index contributed by atoms with van der Waals surface area (Å²) >= 11 is 0.892. The van der Waals surface area contributed by atoms with Crippen LogP contribution in [0, 0.1) is 26.6 Å². The second-order valence-electron chi connectivity index (χ2n) is 8.34. The van der Waals surface area contributed by atoms with Crippen LogP contribution < -0.4 is 4.90 Å². The fourth-order valence-electron chi connectivity index (χ4n) is 4.00. The van der Waals surface area contributed by atoms with Crippen LogP contribution in [-0.4, -0.2) is 34.4 Å². The second kappa shape index (κ2) is 9.87. The van der Waals surface area contributed by atoms with Gasteiger partial charge in [0.1, 0.15) is 23.1 Å². The molecular weight excluding hydrogens is 483 g/mol. The number of carbonyl (C=O) groups is 3. The summed E-state index contributed by atoms with van der Waals surface area (Å²) < 4.78 is 18.8. The van der Waals surface area contributed by atoms with Crippen LogP contribution in [0.1, 0.15) is 43.7 Å². The Labute approximate surface area is 211 Å². The molecule has 36 heavy (non-hydrogen) atoms. The number of Topliss-reactive ketones (excluding diaryl/α,β-unsaturated/α-hetero) is 1. The maximum atomic E-state index is 13.7. The van der Waals surface area contributed by atoms with Crippen LogP contribution in [0.3, 0.4) is 0 Å². The van der Waals surface area contributed by atoms with E-state index in [1.54, 1.807) is 26.0 Å². The number of aromatic nitrogens is 1. The highest BCUT2D eigenvalue weighted by Gasteiger charge is 2.48. The van der Waals surface area contributed by atoms with Crippen molar-refractivity contribution in [3.63, 3.8) is 0 Å². The number of aliphatic hydroxyl groups is 1. The van der Waals surface area contributed by atoms with Crippen molar-refractivity contribution in [3.8, 4) is 0 Å². The maximum absolute atomic E-state index is 13.7. The summed E-state index contributed by atoms with van der Waals surface area (Å²) in [5, 5.41) is 11.4. The van der Waals surface area contributed by atoms with E-state index in [1.807, 2.05) is 13.0 Å². The number of aliphatic hydroxyl groups excluding tert-OH is 1. The van der Waals surface area contributed by atoms with Gasteiger partial charge in [-0.1, -0.05) is 53.8 Å². The molecule has 184 valence electrons. The minimum absolute atomic E-state index is 0.00143. The smallest absolute Gasteiger partial charge is 0.350 e. The van der Waals surface area contributed by atoms with Gasteiger partial charge in [0, 0.05) is 5.56 Å². The number of benzene rings is 2. The van der Waals surface area contributed by atoms with Gasteiger partial charge in [-0.15, -0.1) is 0 Å². The van der Waals surface area contributed by atoms with Gasteiger partial charge in [-0.05, 0) is 50.1 Å². The summed E-state index contributed by atoms with van der Waals surface area (Å²) in [4.78, 5) is 44.7. The summed E-state index contributed by atoms with van der Waals surface area (Å²) in [6, 6.07) is 9.60. The van der Waals surface area contributed by atoms with Gasteiger partial charge in [-0.2, -0.15) is 0 Å². The fraction of sp³-hybridized carbons (Fsp3) is 0.185. The Bertz CT molecular complexity index is 1420. The Morgan fingerprint density at radius 2 is 1.89 bits per heavy atom. The minimum atomic E-state index is -1.09. The van der Waals surface area contributed by atoms with E-state index in [-0.39, 0.29) is 27.9 Å². The molecular formula is C27H23FN2O5S. The fourth-order valence-corrected chi connectivity index (χ4v) is 4.99. The summed E-state index contributed by atoms with van der Waals surface area (Å²) in [5.41, 5.74) is 2.53. The molecule has 0 aliphatic carbocycles. The van der Waals surface area contributed by atoms with E-state index < -0.39 is 29.5 Å². The van der Waals surface area contributed by atoms with Gasteiger partial charge in [-0.3, -0.25) is 14.5 Å². The highest BCUT2D eigenvalue weighted by molar-refractivity contribution is 7.17. The van der Waals surface area contributed by atoms with Crippen LogP contribution in [0.4, 0.5) is 9.52 Å². The monoisotopic (exact) mass is 506 g/mol. The lowest BCUT2D eigenvalue weighted by Gasteiger charge is -2.23. The lowest BCUT2D eigenvalue weighted by molar-refractivity contribution is -0.132. The van der Waals surface area contributed by atoms with Crippen molar-refractivity contribution in [1.82, 2.24) is 4.98 Å². The van der Waals surface area contributed by atoms with E-state index in [0.29, 0.717) is 22.4 Å². The first-order chi connectivity index (χ1) is 17.1. The van der Waals surface area contributed by atoms with E-state index in [2.05, 4.69) is 11.6 Å². The molecule has 0 saturated carbocycles. The maximum Gasteiger partial charge on any atom is 0.350 e. The molecule has 0 spiro atoms. The number of hydrogen-bond donors (Lipinski definition) is 1. The lowest BCUT2D eigenvalue weighted by Crippen LogP contribution is -2.29. The number of ketones is 1. The van der Waals surface area contributed by atoms with Gasteiger partial charge >= 0.3 is 11.9 Å². The number of ether oxygens (including phenoxy) is 1. The molecule has 0 radical (unpaired) electrons. The first kappa shape index (κ1) is 25.0. The number of aryl methyl sites for hydroxylation is 3. The van der Waals surface area contributed by atoms with Crippen LogP contribution in [0.2, 0.25) is 0 Å². The molecule has 3 aromatic rings. The van der Waals surface area contributed by atoms with Crippen molar-refractivity contribution in [3.05, 3.63) is 99.3 Å². The largest absolute Gasteiger partial charge is 0.507 e. The van der Waals surface area contributed by atoms with Gasteiger partial charge in [-0.25, -0.2) is 14.2 Å². The molecule has 0 bridgehead atoms. The normalized spacial score (nSPS) is 16.9. The Morgan fingerprint density at radius 3 is 2.56 bits per heavy atom. The van der Waals surface area contributed by atoms with Crippen LogP contribution in [0.25, 0.3) is 5.76 Å². The number of anilines is 1. The third-order valence-electron chi connectivity index (χ3n) is 5.79. The SMILES string of the molecule is C=CCOC(=O)c1sc(N2C(=O)C(=O)C(=C(O)c3cc(C)ccc3C)C2c2ccc(F)cc2)nc1C. The van der Waals surface area contributed by atoms with Gasteiger partial charge < -0.3 is 9.84 Å². The van der Waals surface area contributed by atoms with E-state index in [0.717, 1.165) is 21.8 Å². The molecule has 1 saturated heterocycles. The second-order valence-corrected chi connectivity index (χ2v) is 9.31. The third kappa shape index (κ3) is 4.45. The van der Waals surface area contributed by atoms with E-state index in [4.69, 9.17) is 4.74 Å². The Hall–Kier alpha value is -4.11. The van der Waals surface area contributed by atoms with Crippen LogP contribution in [-0.2, 0) is 14.3 Å². The number of amides is 1. The molecule has 1 aromatic heterocycles. The van der Waals surface area contributed by atoms with Crippen molar-refractivity contribution >= 4 is 39.9 Å². The first-order valence-electron chi connectivity index (χ1n) is 11.0. The molecule has 1 aliphatic heterocycles. The predicted molar refractivity (Wildman–Crippen MR) is 134 cm³/mol. The van der Waals surface area contributed by atoms with E-state index >= 15 is 0 Å². The van der Waals surface area contributed by atoms with Crippen molar-refractivity contribution in [2.24, 2.45) is 0 Å². The van der Waals surface area contributed by atoms with Crippen LogP contribution >= 0.6 is 11.3 Å². The van der Waals surface area contributed by atoms with Gasteiger partial charge in [0.2, 0.25) is 0 Å². The van der Waals surface area contributed by atoms with Gasteiger partial charge in [0.25, 0.3) is 5.78 Å². The topological polar surface area (TPSA) is 96.8 Å². The highest BCUT2D eigenvalue weighted by atomic mass is 32.1. The predicted octanol–water partition coefficient (Wildman–Crippen LogP) is 5.18. The van der Waals surface area contributed by atoms with Crippen molar-refractivity contribution in [2.75, 3.05) is 11.5 Å². The average molecular weight is 507 g/mol. The summed E-state index contributed by atoms with van der Waals surface area (Å²) in [7, 11) is 0. The molecule has 4 rings (SSSR count). The Morgan fingerprint density at radius 1 is 1.19 bits per heavy atom. The number of nitrogens with zero attached hydrogens (tertiary/aromatic N) is 2. The van der Waals surface area contributed by atoms with Gasteiger partial charge in [0.05, 0.1) is 17.3 Å². The molecule has 9 heteroatoms. The number of halogens is 1. The zero-order valence-electron chi connectivity index (χ0n) is 19.9. The highest BCUT2D eigenvalue weighted by Crippen LogP contribution is 2.44. The van der Waals surface area contributed by atoms with Crippen LogP contribution in [0.15, 0.2) is 60.7 Å². The number of rotatable bonds is 6. The molecule has 7 nitrogen and oxygen atoms in total. The zero-order valence-corrected chi connectivity index (χ0v) is 20.7. The van der Waals surface area contributed by atoms with Gasteiger partial charge in [0.15, 0.2) is 5.13 Å². The van der Waals surface area contributed by atoms with E-state index in [9.17, 15) is 23.9 Å². The molecule has 1 atom stereocenters. The molecule has 1 N–H and O–H groups in total. The molecule has 1 amide bonds. The standard InChI is InChI=1S/C27H23FN2O5S/c1-5-12-35-26(34)24-16(4)29-27(36-24)30-21(17-8-10-18(28)11-9-17)20(23(32)25(30)33)22(31)19-13-14(2)6-7-15(19)3/h5-11,13,21,31H,1,12H2,2-4H3. The number of hydrogen-bond acceptors (Lipinski definition) is 7. The molecule has 1 aliphatic rings. The summed E-state index contributed by atoms with van der Waals surface area (Å²) in [5.74, 6) is -3.31. The summed E-state index contributed by atoms with van der Waals surface area (Å²) in [6.45, 7) is 8.73. The molecule has 1 fully saturated rings. The number of carbonyl (C=O) groups excluding carboxylic acids is 3. The minimum Gasteiger partial charge on any atom is -0.507 e. The first-order valence-corrected chi connectivity index (χ1v) is 11.8. The van der Waals surface area contributed by atoms with Crippen LogP contribution in [0.5, 0.6) is 0 Å². The molecule has 2 heterocycles. The molecule has 1 unspecified atom stereocenters. The summed E-state index contributed by atoms with van der Waals surface area (Å²) in [6.07, 6.45) is 1.43. The average Bonchev–Trinajstić information content (AvgIpc) is 3.36. The quantitative estimate of drug-likeness (QED) is 0.163. The Kier molecular flexibility index (Phi) is 6.85.